The van der Waals surface area contributed by atoms with Gasteiger partial charge in [-0.3, -0.25) is 9.59 Å². The van der Waals surface area contributed by atoms with E-state index in [4.69, 9.17) is 4.74 Å². The quantitative estimate of drug-likeness (QED) is 0.682. The second-order valence-corrected chi connectivity index (χ2v) is 10.1. The molecule has 1 fully saturated rings. The van der Waals surface area contributed by atoms with Crippen molar-refractivity contribution >= 4 is 27.4 Å². The fourth-order valence-corrected chi connectivity index (χ4v) is 5.64. The minimum atomic E-state index is -3.19. The third-order valence-electron chi connectivity index (χ3n) is 5.72. The van der Waals surface area contributed by atoms with Crippen LogP contribution >= 0.6 is 0 Å². The molecule has 0 aliphatic carbocycles. The molecule has 0 radical (unpaired) electrons. The van der Waals surface area contributed by atoms with Gasteiger partial charge in [-0.2, -0.15) is 5.10 Å². The van der Waals surface area contributed by atoms with E-state index in [1.807, 2.05) is 23.7 Å². The van der Waals surface area contributed by atoms with Gasteiger partial charge in [-0.05, 0) is 24.1 Å². The van der Waals surface area contributed by atoms with Gasteiger partial charge in [-0.1, -0.05) is 12.1 Å². The van der Waals surface area contributed by atoms with E-state index in [0.717, 1.165) is 5.56 Å². The number of hydrogen-bond donors (Lipinski definition) is 1. The molecule has 2 atom stereocenters. The zero-order chi connectivity index (χ0) is 22.9. The zero-order valence-electron chi connectivity index (χ0n) is 17.9. The molecule has 4 rings (SSSR count). The topological polar surface area (TPSA) is 123 Å². The van der Waals surface area contributed by atoms with Crippen LogP contribution < -0.4 is 10.1 Å². The number of rotatable bonds is 6. The van der Waals surface area contributed by atoms with E-state index in [1.165, 1.54) is 5.01 Å². The van der Waals surface area contributed by atoms with Crippen LogP contribution in [-0.2, 0) is 26.5 Å². The first-order chi connectivity index (χ1) is 15.3. The van der Waals surface area contributed by atoms with Gasteiger partial charge >= 0.3 is 0 Å². The van der Waals surface area contributed by atoms with Crippen molar-refractivity contribution in [2.45, 2.75) is 31.3 Å². The van der Waals surface area contributed by atoms with Gasteiger partial charge in [-0.15, -0.1) is 0 Å². The van der Waals surface area contributed by atoms with Crippen LogP contribution in [0, 0.1) is 0 Å². The Labute approximate surface area is 186 Å². The lowest BCUT2D eigenvalue weighted by Crippen LogP contribution is -2.44. The van der Waals surface area contributed by atoms with E-state index < -0.39 is 27.8 Å². The summed E-state index contributed by atoms with van der Waals surface area (Å²) in [6.07, 6.45) is 4.07. The largest absolute Gasteiger partial charge is 0.497 e. The number of imidazole rings is 1. The van der Waals surface area contributed by atoms with Crippen molar-refractivity contribution in [2.75, 3.05) is 18.6 Å². The highest BCUT2D eigenvalue weighted by Gasteiger charge is 2.37. The van der Waals surface area contributed by atoms with Gasteiger partial charge < -0.3 is 14.6 Å². The van der Waals surface area contributed by atoms with Crippen LogP contribution in [0.3, 0.4) is 0 Å². The van der Waals surface area contributed by atoms with Gasteiger partial charge in [-0.25, -0.2) is 18.4 Å². The SMILES string of the molecule is COc1ccc([C@@H](NC(=O)C2=NN([C@H]3CCS(=O)(=O)C3)C(=O)CC2)c2nccn2C)cc1. The van der Waals surface area contributed by atoms with E-state index in [-0.39, 0.29) is 36.0 Å². The standard InChI is InChI=1S/C21H25N5O5S/c1-25-11-10-22-20(25)19(14-3-5-16(31-2)6-4-14)23-21(28)17-7-8-18(27)26(24-17)15-9-12-32(29,30)13-15/h3-6,10-11,15,19H,7-9,12-13H2,1-2H3,(H,23,28)/t15-,19+/m0/s1. The summed E-state index contributed by atoms with van der Waals surface area (Å²) in [6, 6.07) is 6.23. The average Bonchev–Trinajstić information content (AvgIpc) is 3.37. The molecule has 1 saturated heterocycles. The summed E-state index contributed by atoms with van der Waals surface area (Å²) in [7, 11) is 0.231. The zero-order valence-corrected chi connectivity index (χ0v) is 18.7. The van der Waals surface area contributed by atoms with Gasteiger partial charge in [0.1, 0.15) is 23.3 Å². The van der Waals surface area contributed by atoms with Crippen LogP contribution in [0.25, 0.3) is 0 Å². The first-order valence-corrected chi connectivity index (χ1v) is 12.1. The number of hydrogen-bond acceptors (Lipinski definition) is 7. The monoisotopic (exact) mass is 459 g/mol. The number of ether oxygens (including phenoxy) is 1. The Morgan fingerprint density at radius 2 is 2.00 bits per heavy atom. The summed E-state index contributed by atoms with van der Waals surface area (Å²) in [5.41, 5.74) is 1.00. The molecule has 2 aromatic rings. The second kappa shape index (κ2) is 8.73. The van der Waals surface area contributed by atoms with Gasteiger partial charge in [0.25, 0.3) is 5.91 Å². The molecular formula is C21H25N5O5S. The molecule has 1 aromatic carbocycles. The Kier molecular flexibility index (Phi) is 6.00. The van der Waals surface area contributed by atoms with E-state index in [1.54, 1.807) is 31.6 Å². The molecule has 0 bridgehead atoms. The van der Waals surface area contributed by atoms with E-state index in [2.05, 4.69) is 15.4 Å². The summed E-state index contributed by atoms with van der Waals surface area (Å²) in [5, 5.41) is 8.43. The number of carbonyl (C=O) groups excluding carboxylic acids is 2. The third kappa shape index (κ3) is 4.52. The molecule has 11 heteroatoms. The molecule has 3 heterocycles. The fraction of sp³-hybridized carbons (Fsp3) is 0.429. The third-order valence-corrected chi connectivity index (χ3v) is 7.47. The fourth-order valence-electron chi connectivity index (χ4n) is 3.95. The molecule has 1 N–H and O–H groups in total. The smallest absolute Gasteiger partial charge is 0.268 e. The predicted molar refractivity (Wildman–Crippen MR) is 117 cm³/mol. The summed E-state index contributed by atoms with van der Waals surface area (Å²) in [4.78, 5) is 29.9. The maximum absolute atomic E-state index is 13.1. The predicted octanol–water partition coefficient (Wildman–Crippen LogP) is 0.800. The van der Waals surface area contributed by atoms with Crippen LogP contribution in [0.15, 0.2) is 41.8 Å². The highest BCUT2D eigenvalue weighted by atomic mass is 32.2. The summed E-state index contributed by atoms with van der Waals surface area (Å²) < 4.78 is 30.7. The van der Waals surface area contributed by atoms with E-state index >= 15 is 0 Å². The Balaban J connectivity index is 1.59. The van der Waals surface area contributed by atoms with Crippen molar-refractivity contribution in [3.63, 3.8) is 0 Å². The number of nitrogens with zero attached hydrogens (tertiary/aromatic N) is 4. The summed E-state index contributed by atoms with van der Waals surface area (Å²) >= 11 is 0. The van der Waals surface area contributed by atoms with Gasteiger partial charge in [0.05, 0.1) is 24.7 Å². The highest BCUT2D eigenvalue weighted by Crippen LogP contribution is 2.25. The van der Waals surface area contributed by atoms with Gasteiger partial charge in [0.2, 0.25) is 5.91 Å². The summed E-state index contributed by atoms with van der Waals surface area (Å²) in [6.45, 7) is 0. The van der Waals surface area contributed by atoms with Crippen molar-refractivity contribution in [1.29, 1.82) is 0 Å². The lowest BCUT2D eigenvalue weighted by atomic mass is 10.0. The number of methoxy groups -OCH3 is 1. The molecule has 1 aromatic heterocycles. The Morgan fingerprint density at radius 3 is 2.59 bits per heavy atom. The van der Waals surface area contributed by atoms with E-state index in [0.29, 0.717) is 18.0 Å². The van der Waals surface area contributed by atoms with Crippen LogP contribution in [0.5, 0.6) is 5.75 Å². The van der Waals surface area contributed by atoms with Crippen molar-refractivity contribution in [3.8, 4) is 5.75 Å². The van der Waals surface area contributed by atoms with Gasteiger partial charge in [0.15, 0.2) is 9.84 Å². The molecule has 0 spiro atoms. The molecule has 0 saturated carbocycles. The van der Waals surface area contributed by atoms with Crippen LogP contribution in [0.4, 0.5) is 0 Å². The summed E-state index contributed by atoms with van der Waals surface area (Å²) in [5.74, 6) is 0.535. The molecule has 32 heavy (non-hydrogen) atoms. The lowest BCUT2D eigenvalue weighted by molar-refractivity contribution is -0.133. The molecule has 2 aliphatic rings. The first-order valence-electron chi connectivity index (χ1n) is 10.3. The molecule has 2 aliphatic heterocycles. The highest BCUT2D eigenvalue weighted by molar-refractivity contribution is 7.91. The number of aromatic nitrogens is 2. The van der Waals surface area contributed by atoms with Crippen LogP contribution in [0.2, 0.25) is 0 Å². The molecule has 0 unspecified atom stereocenters. The van der Waals surface area contributed by atoms with Crippen LogP contribution in [-0.4, -0.2) is 65.2 Å². The minimum Gasteiger partial charge on any atom is -0.497 e. The van der Waals surface area contributed by atoms with Gasteiger partial charge in [0, 0.05) is 32.3 Å². The van der Waals surface area contributed by atoms with Crippen molar-refractivity contribution in [1.82, 2.24) is 19.9 Å². The molecule has 10 nitrogen and oxygen atoms in total. The average molecular weight is 460 g/mol. The number of carbonyl (C=O) groups is 2. The number of hydrazone groups is 1. The Bertz CT molecular complexity index is 1160. The number of amides is 2. The van der Waals surface area contributed by atoms with Crippen molar-refractivity contribution in [3.05, 3.63) is 48.0 Å². The maximum Gasteiger partial charge on any atom is 0.268 e. The normalized spacial score (nSPS) is 21.2. The lowest BCUT2D eigenvalue weighted by Gasteiger charge is -2.28. The Morgan fingerprint density at radius 1 is 1.25 bits per heavy atom. The minimum absolute atomic E-state index is 0.0250. The number of aryl methyl sites for hydroxylation is 1. The molecule has 2 amide bonds. The molecule has 170 valence electrons. The van der Waals surface area contributed by atoms with Crippen LogP contribution in [0.1, 0.15) is 36.7 Å². The number of nitrogens with one attached hydrogen (secondary N) is 1. The maximum atomic E-state index is 13.1. The number of sulfone groups is 1. The van der Waals surface area contributed by atoms with E-state index in [9.17, 15) is 18.0 Å². The van der Waals surface area contributed by atoms with Crippen molar-refractivity contribution in [2.24, 2.45) is 12.1 Å². The van der Waals surface area contributed by atoms with Crippen molar-refractivity contribution < 1.29 is 22.7 Å². The first kappa shape index (κ1) is 22.0. The number of benzene rings is 1. The Hall–Kier alpha value is -3.21. The second-order valence-electron chi connectivity index (χ2n) is 7.92. The molecular weight excluding hydrogens is 434 g/mol.